The van der Waals surface area contributed by atoms with Gasteiger partial charge in [0.25, 0.3) is 0 Å². The van der Waals surface area contributed by atoms with Crippen molar-refractivity contribution in [2.24, 2.45) is 0 Å². The van der Waals surface area contributed by atoms with Gasteiger partial charge in [-0.15, -0.1) is 0 Å². The molecule has 1 N–H and O–H groups in total. The maximum Gasteiger partial charge on any atom is 0.247 e. The molecule has 0 radical (unpaired) electrons. The minimum atomic E-state index is -0.622. The average Bonchev–Trinajstić information content (AvgIpc) is 3.17. The first-order valence-corrected chi connectivity index (χ1v) is 11.1. The monoisotopic (exact) mass is 454 g/mol. The Morgan fingerprint density at radius 2 is 1.91 bits per heavy atom. The molecule has 1 aliphatic rings. The topological polar surface area (TPSA) is 120 Å². The molecule has 0 bridgehead atoms. The van der Waals surface area contributed by atoms with Crippen LogP contribution in [-0.4, -0.2) is 85.4 Å². The van der Waals surface area contributed by atoms with E-state index in [4.69, 9.17) is 14.5 Å². The van der Waals surface area contributed by atoms with E-state index in [-0.39, 0.29) is 24.7 Å². The molecule has 0 saturated carbocycles. The average molecular weight is 455 g/mol. The Labute approximate surface area is 192 Å². The molecule has 1 saturated heterocycles. The standard InChI is InChI=1S/C22H30N8O3/c1-6-30-20(16-7-23-15(4)24-8-16)28-18-19(25-12-26-21(18)30)27-17(11-32-5)22(31)29-9-13(2)33-14(3)10-29/h7-8,12-14,17H,6,9-11H2,1-5H3,(H,25,26,27)/t13-,14+,17?. The Morgan fingerprint density at radius 3 is 2.55 bits per heavy atom. The number of amides is 1. The van der Waals surface area contributed by atoms with Gasteiger partial charge in [0.05, 0.1) is 24.4 Å². The van der Waals surface area contributed by atoms with Crippen LogP contribution >= 0.6 is 0 Å². The van der Waals surface area contributed by atoms with Gasteiger partial charge in [0.2, 0.25) is 5.91 Å². The van der Waals surface area contributed by atoms with Crippen molar-refractivity contribution < 1.29 is 14.3 Å². The van der Waals surface area contributed by atoms with Crippen LogP contribution < -0.4 is 5.32 Å². The highest BCUT2D eigenvalue weighted by molar-refractivity contribution is 5.90. The molecular formula is C22H30N8O3. The lowest BCUT2D eigenvalue weighted by Gasteiger charge is -2.37. The van der Waals surface area contributed by atoms with Crippen molar-refractivity contribution >= 4 is 22.9 Å². The molecule has 4 heterocycles. The van der Waals surface area contributed by atoms with E-state index in [9.17, 15) is 4.79 Å². The number of aromatic nitrogens is 6. The van der Waals surface area contributed by atoms with Gasteiger partial charge in [-0.25, -0.2) is 24.9 Å². The molecule has 33 heavy (non-hydrogen) atoms. The number of hydrogen-bond acceptors (Lipinski definition) is 9. The second-order valence-corrected chi connectivity index (χ2v) is 8.25. The Kier molecular flexibility index (Phi) is 6.80. The minimum absolute atomic E-state index is 0.0220. The van der Waals surface area contributed by atoms with Crippen molar-refractivity contribution in [3.63, 3.8) is 0 Å². The number of nitrogens with zero attached hydrogens (tertiary/aromatic N) is 7. The van der Waals surface area contributed by atoms with E-state index in [1.807, 2.05) is 37.2 Å². The van der Waals surface area contributed by atoms with Gasteiger partial charge in [0.15, 0.2) is 17.0 Å². The lowest BCUT2D eigenvalue weighted by atomic mass is 10.2. The van der Waals surface area contributed by atoms with Gasteiger partial charge in [-0.3, -0.25) is 4.79 Å². The molecule has 4 rings (SSSR count). The highest BCUT2D eigenvalue weighted by Crippen LogP contribution is 2.27. The van der Waals surface area contributed by atoms with Gasteiger partial charge < -0.3 is 24.3 Å². The number of aryl methyl sites for hydroxylation is 2. The predicted octanol–water partition coefficient (Wildman–Crippen LogP) is 1.67. The van der Waals surface area contributed by atoms with Gasteiger partial charge in [0.1, 0.15) is 24.0 Å². The molecule has 11 heteroatoms. The van der Waals surface area contributed by atoms with Gasteiger partial charge >= 0.3 is 0 Å². The highest BCUT2D eigenvalue weighted by atomic mass is 16.5. The molecule has 176 valence electrons. The second kappa shape index (κ2) is 9.75. The van der Waals surface area contributed by atoms with Crippen molar-refractivity contribution in [1.29, 1.82) is 0 Å². The molecule has 3 aromatic heterocycles. The van der Waals surface area contributed by atoms with E-state index in [2.05, 4.69) is 25.3 Å². The summed E-state index contributed by atoms with van der Waals surface area (Å²) < 4.78 is 13.1. The summed E-state index contributed by atoms with van der Waals surface area (Å²) in [5.74, 6) is 1.80. The van der Waals surface area contributed by atoms with Gasteiger partial charge in [-0.2, -0.15) is 0 Å². The second-order valence-electron chi connectivity index (χ2n) is 8.25. The van der Waals surface area contributed by atoms with Crippen LogP contribution in [0.25, 0.3) is 22.6 Å². The first-order valence-electron chi connectivity index (χ1n) is 11.1. The third kappa shape index (κ3) is 4.79. The lowest BCUT2D eigenvalue weighted by molar-refractivity contribution is -0.145. The lowest BCUT2D eigenvalue weighted by Crippen LogP contribution is -2.53. The predicted molar refractivity (Wildman–Crippen MR) is 123 cm³/mol. The van der Waals surface area contributed by atoms with Crippen molar-refractivity contribution in [2.75, 3.05) is 32.1 Å². The molecule has 1 fully saturated rings. The number of methoxy groups -OCH3 is 1. The van der Waals surface area contributed by atoms with Crippen LogP contribution in [0.3, 0.4) is 0 Å². The molecular weight excluding hydrogens is 424 g/mol. The van der Waals surface area contributed by atoms with Gasteiger partial charge in [0, 0.05) is 39.1 Å². The number of rotatable bonds is 7. The van der Waals surface area contributed by atoms with Crippen molar-refractivity contribution in [2.45, 2.75) is 52.5 Å². The summed E-state index contributed by atoms with van der Waals surface area (Å²) >= 11 is 0. The zero-order valence-corrected chi connectivity index (χ0v) is 19.6. The number of morpholine rings is 1. The van der Waals surface area contributed by atoms with E-state index in [1.165, 1.54) is 6.33 Å². The SMILES string of the molecule is CCn1c(-c2cnc(C)nc2)nc2c(NC(COC)C(=O)N3C[C@@H](C)O[C@@H](C)C3)ncnc21. The number of carbonyl (C=O) groups is 1. The van der Waals surface area contributed by atoms with Crippen LogP contribution in [0.15, 0.2) is 18.7 Å². The molecule has 3 atom stereocenters. The zero-order chi connectivity index (χ0) is 23.5. The fraction of sp³-hybridized carbons (Fsp3) is 0.545. The summed E-state index contributed by atoms with van der Waals surface area (Å²) in [7, 11) is 1.57. The number of carbonyl (C=O) groups excluding carboxylic acids is 1. The molecule has 1 aliphatic heterocycles. The number of ether oxygens (including phenoxy) is 2. The summed E-state index contributed by atoms with van der Waals surface area (Å²) in [5, 5.41) is 3.26. The van der Waals surface area contributed by atoms with Crippen molar-refractivity contribution in [3.05, 3.63) is 24.5 Å². The largest absolute Gasteiger partial charge is 0.382 e. The third-order valence-electron chi connectivity index (χ3n) is 5.56. The molecule has 1 unspecified atom stereocenters. The Balaban J connectivity index is 1.68. The van der Waals surface area contributed by atoms with Crippen LogP contribution in [0, 0.1) is 6.92 Å². The van der Waals surface area contributed by atoms with Crippen LogP contribution in [0.4, 0.5) is 5.82 Å². The normalized spacial score (nSPS) is 19.6. The quantitative estimate of drug-likeness (QED) is 0.568. The Morgan fingerprint density at radius 1 is 1.21 bits per heavy atom. The van der Waals surface area contributed by atoms with E-state index in [0.29, 0.717) is 48.3 Å². The van der Waals surface area contributed by atoms with Crippen LogP contribution in [0.2, 0.25) is 0 Å². The van der Waals surface area contributed by atoms with Crippen molar-refractivity contribution in [3.8, 4) is 11.4 Å². The number of hydrogen-bond donors (Lipinski definition) is 1. The number of anilines is 1. The van der Waals surface area contributed by atoms with Crippen LogP contribution in [-0.2, 0) is 20.8 Å². The molecule has 3 aromatic rings. The zero-order valence-electron chi connectivity index (χ0n) is 19.6. The van der Waals surface area contributed by atoms with E-state index >= 15 is 0 Å². The molecule has 11 nitrogen and oxygen atoms in total. The minimum Gasteiger partial charge on any atom is -0.382 e. The van der Waals surface area contributed by atoms with E-state index in [0.717, 1.165) is 5.56 Å². The molecule has 0 aliphatic carbocycles. The summed E-state index contributed by atoms with van der Waals surface area (Å²) in [6.07, 6.45) is 4.92. The fourth-order valence-electron chi connectivity index (χ4n) is 4.15. The number of nitrogens with one attached hydrogen (secondary N) is 1. The maximum atomic E-state index is 13.3. The summed E-state index contributed by atoms with van der Waals surface area (Å²) in [5.41, 5.74) is 2.03. The molecule has 1 amide bonds. The Hall–Kier alpha value is -3.18. The first-order chi connectivity index (χ1) is 15.9. The van der Waals surface area contributed by atoms with Gasteiger partial charge in [-0.1, -0.05) is 0 Å². The molecule has 0 aromatic carbocycles. The third-order valence-corrected chi connectivity index (χ3v) is 5.56. The fourth-order valence-corrected chi connectivity index (χ4v) is 4.15. The van der Waals surface area contributed by atoms with Gasteiger partial charge in [-0.05, 0) is 27.7 Å². The maximum absolute atomic E-state index is 13.3. The van der Waals surface area contributed by atoms with Crippen LogP contribution in [0.1, 0.15) is 26.6 Å². The van der Waals surface area contributed by atoms with Crippen LogP contribution in [0.5, 0.6) is 0 Å². The number of imidazole rings is 1. The summed E-state index contributed by atoms with van der Waals surface area (Å²) in [4.78, 5) is 37.4. The summed E-state index contributed by atoms with van der Waals surface area (Å²) in [6.45, 7) is 9.71. The van der Waals surface area contributed by atoms with E-state index < -0.39 is 6.04 Å². The molecule has 0 spiro atoms. The van der Waals surface area contributed by atoms with Crippen molar-refractivity contribution in [1.82, 2.24) is 34.4 Å². The van der Waals surface area contributed by atoms with E-state index in [1.54, 1.807) is 19.5 Å². The first kappa shape index (κ1) is 23.0. The highest BCUT2D eigenvalue weighted by Gasteiger charge is 2.31. The smallest absolute Gasteiger partial charge is 0.247 e. The number of fused-ring (bicyclic) bond motifs is 1. The Bertz CT molecular complexity index is 1110. The summed E-state index contributed by atoms with van der Waals surface area (Å²) in [6, 6.07) is -0.622.